The highest BCUT2D eigenvalue weighted by atomic mass is 127. The average Bonchev–Trinajstić information content (AvgIpc) is 2.82. The van der Waals surface area contributed by atoms with Crippen molar-refractivity contribution in [2.75, 3.05) is 33.8 Å². The molecule has 2 aromatic carbocycles. The second-order valence-electron chi connectivity index (χ2n) is 7.52. The first-order chi connectivity index (χ1) is 15.0. The Bertz CT molecular complexity index is 975. The van der Waals surface area contributed by atoms with Crippen LogP contribution in [0.3, 0.4) is 0 Å². The lowest BCUT2D eigenvalue weighted by Gasteiger charge is -2.25. The second kappa shape index (κ2) is 13.0. The predicted octanol–water partition coefficient (Wildman–Crippen LogP) is 3.40. The average molecular weight is 573 g/mol. The number of hydrogen-bond acceptors (Lipinski definition) is 4. The summed E-state index contributed by atoms with van der Waals surface area (Å²) in [5.74, 6) is 1.58. The van der Waals surface area contributed by atoms with E-state index in [0.29, 0.717) is 37.0 Å². The van der Waals surface area contributed by atoms with E-state index < -0.39 is 10.0 Å². The SMILES string of the molecule is CN=C(NCCc1ccccc1OC)NCc1ccc(S(=O)(=O)N2CCCCC2)cc1.I. The van der Waals surface area contributed by atoms with Crippen LogP contribution in [0, 0.1) is 0 Å². The maximum atomic E-state index is 12.8. The van der Waals surface area contributed by atoms with Gasteiger partial charge < -0.3 is 15.4 Å². The number of halogens is 1. The van der Waals surface area contributed by atoms with Crippen molar-refractivity contribution in [1.82, 2.24) is 14.9 Å². The standard InChI is InChI=1S/C23H32N4O3S.HI/c1-24-23(25-15-14-20-8-4-5-9-22(20)30-2)26-18-19-10-12-21(13-11-19)31(28,29)27-16-6-3-7-17-27;/h4-5,8-13H,3,6-7,14-18H2,1-2H3,(H2,24,25,26);1H. The quantitative estimate of drug-likeness (QED) is 0.288. The zero-order chi connectivity index (χ0) is 22.1. The van der Waals surface area contributed by atoms with Crippen LogP contribution in [0.15, 0.2) is 58.4 Å². The van der Waals surface area contributed by atoms with Crippen LogP contribution in [-0.4, -0.2) is 52.5 Å². The maximum absolute atomic E-state index is 12.8. The van der Waals surface area contributed by atoms with Crippen LogP contribution in [0.4, 0.5) is 0 Å². The van der Waals surface area contributed by atoms with Gasteiger partial charge in [0.15, 0.2) is 5.96 Å². The Labute approximate surface area is 208 Å². The van der Waals surface area contributed by atoms with E-state index in [0.717, 1.165) is 42.6 Å². The monoisotopic (exact) mass is 572 g/mol. The topological polar surface area (TPSA) is 83.0 Å². The first-order valence-corrected chi connectivity index (χ1v) is 12.1. The van der Waals surface area contributed by atoms with Crippen molar-refractivity contribution < 1.29 is 13.2 Å². The van der Waals surface area contributed by atoms with E-state index in [1.165, 1.54) is 0 Å². The highest BCUT2D eigenvalue weighted by Crippen LogP contribution is 2.21. The van der Waals surface area contributed by atoms with Gasteiger partial charge in [-0.3, -0.25) is 4.99 Å². The van der Waals surface area contributed by atoms with E-state index in [2.05, 4.69) is 21.7 Å². The smallest absolute Gasteiger partial charge is 0.243 e. The van der Waals surface area contributed by atoms with Gasteiger partial charge in [-0.1, -0.05) is 36.8 Å². The van der Waals surface area contributed by atoms with Gasteiger partial charge in [-0.2, -0.15) is 4.31 Å². The molecule has 1 saturated heterocycles. The van der Waals surface area contributed by atoms with Crippen LogP contribution in [0.25, 0.3) is 0 Å². The van der Waals surface area contributed by atoms with Gasteiger partial charge in [-0.05, 0) is 48.6 Å². The van der Waals surface area contributed by atoms with Crippen LogP contribution in [0.1, 0.15) is 30.4 Å². The Balaban J connectivity index is 0.00000363. The lowest BCUT2D eigenvalue weighted by atomic mass is 10.1. The number of ether oxygens (including phenoxy) is 1. The normalized spacial score (nSPS) is 15.0. The number of sulfonamides is 1. The largest absolute Gasteiger partial charge is 0.496 e. The summed E-state index contributed by atoms with van der Waals surface area (Å²) in [5, 5.41) is 6.57. The summed E-state index contributed by atoms with van der Waals surface area (Å²) in [6.45, 7) is 2.50. The molecule has 0 unspecified atom stereocenters. The number of para-hydroxylation sites is 1. The zero-order valence-electron chi connectivity index (χ0n) is 18.7. The van der Waals surface area contributed by atoms with E-state index in [1.54, 1.807) is 30.6 Å². The Hall–Kier alpha value is -1.85. The number of nitrogens with one attached hydrogen (secondary N) is 2. The predicted molar refractivity (Wildman–Crippen MR) is 139 cm³/mol. The number of hydrogen-bond donors (Lipinski definition) is 2. The third-order valence-electron chi connectivity index (χ3n) is 5.44. The lowest BCUT2D eigenvalue weighted by Crippen LogP contribution is -2.38. The van der Waals surface area contributed by atoms with Crippen LogP contribution in [0.5, 0.6) is 5.75 Å². The fourth-order valence-electron chi connectivity index (χ4n) is 3.67. The number of benzene rings is 2. The molecule has 2 N–H and O–H groups in total. The molecule has 0 spiro atoms. The third kappa shape index (κ3) is 7.08. The minimum atomic E-state index is -3.39. The first-order valence-electron chi connectivity index (χ1n) is 10.7. The Morgan fingerprint density at radius 2 is 1.72 bits per heavy atom. The number of methoxy groups -OCH3 is 1. The van der Waals surface area contributed by atoms with E-state index in [-0.39, 0.29) is 24.0 Å². The molecule has 1 aliphatic rings. The Kier molecular flexibility index (Phi) is 10.7. The molecule has 2 aromatic rings. The molecule has 0 amide bonds. The molecule has 176 valence electrons. The van der Waals surface area contributed by atoms with Crippen LogP contribution in [-0.2, 0) is 23.0 Å². The number of nitrogens with zero attached hydrogens (tertiary/aromatic N) is 2. The molecule has 32 heavy (non-hydrogen) atoms. The van der Waals surface area contributed by atoms with Gasteiger partial charge in [0, 0.05) is 33.2 Å². The molecule has 0 aliphatic carbocycles. The number of piperidine rings is 1. The molecule has 0 bridgehead atoms. The molecule has 1 fully saturated rings. The Morgan fingerprint density at radius 3 is 2.38 bits per heavy atom. The number of rotatable bonds is 8. The molecule has 9 heteroatoms. The molecule has 1 aliphatic heterocycles. The second-order valence-corrected chi connectivity index (χ2v) is 9.46. The third-order valence-corrected chi connectivity index (χ3v) is 7.35. The van der Waals surface area contributed by atoms with E-state index >= 15 is 0 Å². The van der Waals surface area contributed by atoms with Crippen molar-refractivity contribution in [2.45, 2.75) is 37.1 Å². The highest BCUT2D eigenvalue weighted by molar-refractivity contribution is 14.0. The van der Waals surface area contributed by atoms with Gasteiger partial charge in [0.2, 0.25) is 10.0 Å². The zero-order valence-corrected chi connectivity index (χ0v) is 21.9. The summed E-state index contributed by atoms with van der Waals surface area (Å²) in [4.78, 5) is 4.61. The molecule has 0 radical (unpaired) electrons. The molecule has 1 heterocycles. The number of guanidine groups is 1. The summed E-state index contributed by atoms with van der Waals surface area (Å²) in [6, 6.07) is 15.1. The fraction of sp³-hybridized carbons (Fsp3) is 0.435. The van der Waals surface area contributed by atoms with Gasteiger partial charge in [-0.15, -0.1) is 24.0 Å². The summed E-state index contributed by atoms with van der Waals surface area (Å²) >= 11 is 0. The van der Waals surface area contributed by atoms with Crippen LogP contribution in [0.2, 0.25) is 0 Å². The molecule has 0 aromatic heterocycles. The minimum Gasteiger partial charge on any atom is -0.496 e. The van der Waals surface area contributed by atoms with Crippen molar-refractivity contribution in [3.05, 3.63) is 59.7 Å². The molecule has 7 nitrogen and oxygen atoms in total. The Morgan fingerprint density at radius 1 is 1.03 bits per heavy atom. The van der Waals surface area contributed by atoms with Crippen molar-refractivity contribution in [3.8, 4) is 5.75 Å². The van der Waals surface area contributed by atoms with E-state index in [1.807, 2.05) is 30.3 Å². The van der Waals surface area contributed by atoms with Gasteiger partial charge in [0.05, 0.1) is 12.0 Å². The molecule has 0 atom stereocenters. The molecular weight excluding hydrogens is 539 g/mol. The molecule has 3 rings (SSSR count). The first kappa shape index (κ1) is 26.4. The molecular formula is C23H33IN4O3S. The van der Waals surface area contributed by atoms with Gasteiger partial charge in [0.25, 0.3) is 0 Å². The minimum absolute atomic E-state index is 0. The summed E-state index contributed by atoms with van der Waals surface area (Å²) < 4.78 is 32.5. The van der Waals surface area contributed by atoms with Crippen molar-refractivity contribution >= 4 is 40.0 Å². The summed E-state index contributed by atoms with van der Waals surface area (Å²) in [5.41, 5.74) is 2.13. The van der Waals surface area contributed by atoms with Gasteiger partial charge in [0.1, 0.15) is 5.75 Å². The summed E-state index contributed by atoms with van der Waals surface area (Å²) in [7, 11) is 0.0130. The van der Waals surface area contributed by atoms with Gasteiger partial charge >= 0.3 is 0 Å². The van der Waals surface area contributed by atoms with Crippen LogP contribution >= 0.6 is 24.0 Å². The van der Waals surface area contributed by atoms with E-state index in [9.17, 15) is 8.42 Å². The highest BCUT2D eigenvalue weighted by Gasteiger charge is 2.25. The lowest BCUT2D eigenvalue weighted by molar-refractivity contribution is 0.346. The van der Waals surface area contributed by atoms with Crippen LogP contribution < -0.4 is 15.4 Å². The van der Waals surface area contributed by atoms with Gasteiger partial charge in [-0.25, -0.2) is 8.42 Å². The maximum Gasteiger partial charge on any atom is 0.243 e. The van der Waals surface area contributed by atoms with E-state index in [4.69, 9.17) is 4.74 Å². The number of aliphatic imine (C=N–C) groups is 1. The summed E-state index contributed by atoms with van der Waals surface area (Å²) in [6.07, 6.45) is 3.79. The van der Waals surface area contributed by atoms with Crippen molar-refractivity contribution in [1.29, 1.82) is 0 Å². The molecule has 0 saturated carbocycles. The fourth-order valence-corrected chi connectivity index (χ4v) is 5.18. The van der Waals surface area contributed by atoms with Crippen molar-refractivity contribution in [3.63, 3.8) is 0 Å². The van der Waals surface area contributed by atoms with Crippen molar-refractivity contribution in [2.24, 2.45) is 4.99 Å².